The van der Waals surface area contributed by atoms with E-state index in [-0.39, 0.29) is 18.9 Å². The zero-order valence-electron chi connectivity index (χ0n) is 5.67. The van der Waals surface area contributed by atoms with E-state index in [2.05, 4.69) is 0 Å². The summed E-state index contributed by atoms with van der Waals surface area (Å²) in [5, 5.41) is 16.3. The van der Waals surface area contributed by atoms with Crippen LogP contribution in [0.2, 0.25) is 0 Å². The van der Waals surface area contributed by atoms with E-state index in [9.17, 15) is 0 Å². The van der Waals surface area contributed by atoms with Gasteiger partial charge in [0.25, 0.3) is 5.97 Å². The van der Waals surface area contributed by atoms with Crippen LogP contribution in [0.4, 0.5) is 0 Å². The summed E-state index contributed by atoms with van der Waals surface area (Å²) >= 11 is 0. The quantitative estimate of drug-likeness (QED) is 0.334. The van der Waals surface area contributed by atoms with Gasteiger partial charge in [-0.2, -0.15) is 0 Å². The summed E-state index contributed by atoms with van der Waals surface area (Å²) in [6.07, 6.45) is 0. The third-order valence-electron chi connectivity index (χ3n) is 0. The molecule has 0 rings (SSSR count). The SMILES string of the molecule is CC(=O)O.CC(=O)[O-].[Li+]. The molecule has 0 aromatic carbocycles. The third kappa shape index (κ3) is 1080. The Morgan fingerprint density at radius 1 is 1.33 bits per heavy atom. The van der Waals surface area contributed by atoms with Crippen molar-refractivity contribution in [3.05, 3.63) is 0 Å². The van der Waals surface area contributed by atoms with Crippen LogP contribution in [0.1, 0.15) is 13.8 Å². The van der Waals surface area contributed by atoms with E-state index in [1.165, 1.54) is 0 Å². The summed E-state index contributed by atoms with van der Waals surface area (Å²) in [5.41, 5.74) is 0. The van der Waals surface area contributed by atoms with E-state index in [1.807, 2.05) is 0 Å². The molecular weight excluding hydrogens is 119 g/mol. The van der Waals surface area contributed by atoms with E-state index < -0.39 is 11.9 Å². The van der Waals surface area contributed by atoms with Crippen LogP contribution in [0.5, 0.6) is 0 Å². The number of carbonyl (C=O) groups excluding carboxylic acids is 1. The van der Waals surface area contributed by atoms with Gasteiger partial charge in [-0.1, -0.05) is 0 Å². The van der Waals surface area contributed by atoms with Crippen molar-refractivity contribution in [2.75, 3.05) is 0 Å². The molecule has 0 aromatic heterocycles. The molecule has 0 aliphatic carbocycles. The molecule has 0 fully saturated rings. The number of carboxylic acid groups (broad SMARTS) is 2. The smallest absolute Gasteiger partial charge is 0.550 e. The van der Waals surface area contributed by atoms with Crippen molar-refractivity contribution in [2.45, 2.75) is 13.8 Å². The molecule has 0 aliphatic rings. The van der Waals surface area contributed by atoms with Crippen molar-refractivity contribution in [2.24, 2.45) is 0 Å². The number of rotatable bonds is 0. The summed E-state index contributed by atoms with van der Waals surface area (Å²) in [7, 11) is 0. The second-order valence-electron chi connectivity index (χ2n) is 1.01. The summed E-state index contributed by atoms with van der Waals surface area (Å²) < 4.78 is 0. The molecule has 4 nitrogen and oxygen atoms in total. The molecule has 0 unspecified atom stereocenters. The fraction of sp³-hybridized carbons (Fsp3) is 0.500. The Hall–Kier alpha value is -0.463. The molecule has 0 heterocycles. The van der Waals surface area contributed by atoms with Crippen LogP contribution in [-0.4, -0.2) is 17.0 Å². The van der Waals surface area contributed by atoms with E-state index in [4.69, 9.17) is 19.8 Å². The Bertz CT molecular complexity index is 70.6. The predicted octanol–water partition coefficient (Wildman–Crippen LogP) is -4.15. The first-order valence-electron chi connectivity index (χ1n) is 1.84. The maximum absolute atomic E-state index is 9.00. The number of carbonyl (C=O) groups is 2. The van der Waals surface area contributed by atoms with Crippen molar-refractivity contribution in [3.63, 3.8) is 0 Å². The molecule has 1 N–H and O–H groups in total. The zero-order chi connectivity index (χ0) is 7.15. The molecule has 5 heteroatoms. The fourth-order valence-corrected chi connectivity index (χ4v) is 0. The zero-order valence-corrected chi connectivity index (χ0v) is 5.67. The third-order valence-corrected chi connectivity index (χ3v) is 0. The van der Waals surface area contributed by atoms with Gasteiger partial charge in [0.15, 0.2) is 0 Å². The van der Waals surface area contributed by atoms with Gasteiger partial charge in [-0.05, 0) is 6.92 Å². The van der Waals surface area contributed by atoms with Crippen molar-refractivity contribution in [3.8, 4) is 0 Å². The normalized spacial score (nSPS) is 5.56. The number of carboxylic acids is 2. The first-order valence-corrected chi connectivity index (χ1v) is 1.84. The number of hydrogen-bond donors (Lipinski definition) is 1. The Balaban J connectivity index is -0.0000000720. The van der Waals surface area contributed by atoms with Gasteiger partial charge in [-0.3, -0.25) is 4.79 Å². The van der Waals surface area contributed by atoms with E-state index >= 15 is 0 Å². The summed E-state index contributed by atoms with van der Waals surface area (Å²) in [5.74, 6) is -1.92. The second-order valence-corrected chi connectivity index (χ2v) is 1.01. The van der Waals surface area contributed by atoms with Gasteiger partial charge in [0.05, 0.1) is 0 Å². The Kier molecular flexibility index (Phi) is 18.5. The first kappa shape index (κ1) is 15.8. The number of hydrogen-bond acceptors (Lipinski definition) is 3. The molecule has 0 bridgehead atoms. The summed E-state index contributed by atoms with van der Waals surface area (Å²) in [4.78, 5) is 17.9. The molecule has 0 aromatic rings. The predicted molar refractivity (Wildman–Crippen MR) is 24.0 cm³/mol. The fourth-order valence-electron chi connectivity index (χ4n) is 0. The topological polar surface area (TPSA) is 77.4 Å². The minimum absolute atomic E-state index is 0. The van der Waals surface area contributed by atoms with Crippen LogP contribution in [0, 0.1) is 0 Å². The largest absolute Gasteiger partial charge is 1.00 e. The van der Waals surface area contributed by atoms with Gasteiger partial charge < -0.3 is 15.0 Å². The van der Waals surface area contributed by atoms with Gasteiger partial charge in [0.1, 0.15) is 0 Å². The van der Waals surface area contributed by atoms with Crippen LogP contribution >= 0.6 is 0 Å². The Morgan fingerprint density at radius 3 is 1.33 bits per heavy atom. The molecule has 0 atom stereocenters. The average Bonchev–Trinajstić information content (AvgIpc) is 1.25. The van der Waals surface area contributed by atoms with Gasteiger partial charge in [-0.15, -0.1) is 0 Å². The first-order chi connectivity index (χ1) is 3.46. The molecule has 0 radical (unpaired) electrons. The van der Waals surface area contributed by atoms with E-state index in [1.54, 1.807) is 0 Å². The minimum atomic E-state index is -1.08. The van der Waals surface area contributed by atoms with Crippen molar-refractivity contribution < 1.29 is 38.7 Å². The average molecular weight is 126 g/mol. The van der Waals surface area contributed by atoms with Crippen LogP contribution in [0.15, 0.2) is 0 Å². The van der Waals surface area contributed by atoms with Gasteiger partial charge in [0.2, 0.25) is 0 Å². The molecule has 9 heavy (non-hydrogen) atoms. The van der Waals surface area contributed by atoms with E-state index in [0.717, 1.165) is 13.8 Å². The number of aliphatic carboxylic acids is 2. The van der Waals surface area contributed by atoms with Gasteiger partial charge in [0, 0.05) is 12.9 Å². The maximum atomic E-state index is 9.00. The van der Waals surface area contributed by atoms with Crippen LogP contribution in [0.3, 0.4) is 0 Å². The molecule has 0 saturated heterocycles. The minimum Gasteiger partial charge on any atom is -0.550 e. The Labute approximate surface area is 65.0 Å². The molecular formula is C4H7LiO4. The van der Waals surface area contributed by atoms with Crippen LogP contribution in [-0.2, 0) is 9.59 Å². The van der Waals surface area contributed by atoms with Crippen LogP contribution in [0.25, 0.3) is 0 Å². The van der Waals surface area contributed by atoms with Gasteiger partial charge in [-0.25, -0.2) is 0 Å². The molecule has 0 amide bonds. The Morgan fingerprint density at radius 2 is 1.33 bits per heavy atom. The van der Waals surface area contributed by atoms with Crippen molar-refractivity contribution >= 4 is 11.9 Å². The van der Waals surface area contributed by atoms with Crippen molar-refractivity contribution in [1.82, 2.24) is 0 Å². The molecule has 0 spiro atoms. The standard InChI is InChI=1S/2C2H4O2.Li/c2*1-2(3)4;/h2*1H3,(H,3,4);/q;;+1/p-1. The molecule has 0 aliphatic heterocycles. The summed E-state index contributed by atoms with van der Waals surface area (Å²) in [6, 6.07) is 0. The molecule has 48 valence electrons. The summed E-state index contributed by atoms with van der Waals surface area (Å²) in [6.45, 7) is 2.06. The maximum Gasteiger partial charge on any atom is 1.00 e. The van der Waals surface area contributed by atoms with Crippen molar-refractivity contribution in [1.29, 1.82) is 0 Å². The molecule has 0 saturated carbocycles. The monoisotopic (exact) mass is 126 g/mol. The second kappa shape index (κ2) is 10.5. The van der Waals surface area contributed by atoms with Gasteiger partial charge >= 0.3 is 18.9 Å². The van der Waals surface area contributed by atoms with Crippen LogP contribution < -0.4 is 24.0 Å². The van der Waals surface area contributed by atoms with E-state index in [0.29, 0.717) is 0 Å².